The maximum atomic E-state index is 13.2. The predicted octanol–water partition coefficient (Wildman–Crippen LogP) is 4.46. The molecule has 1 aliphatic heterocycles. The SMILES string of the molecule is CC(C)Oc1ccc(NC2=C(c3ccccc3)C(=O)N(Cc3ccco3)C2=O)cc1. The summed E-state index contributed by atoms with van der Waals surface area (Å²) in [6.45, 7) is 3.99. The second-order valence-corrected chi connectivity index (χ2v) is 7.21. The largest absolute Gasteiger partial charge is 0.491 e. The number of anilines is 1. The van der Waals surface area contributed by atoms with Crippen LogP contribution in [0.25, 0.3) is 5.57 Å². The van der Waals surface area contributed by atoms with Crippen molar-refractivity contribution < 1.29 is 18.7 Å². The third-order valence-electron chi connectivity index (χ3n) is 4.62. The number of rotatable bonds is 7. The van der Waals surface area contributed by atoms with Crippen molar-refractivity contribution in [2.24, 2.45) is 0 Å². The molecule has 0 bridgehead atoms. The topological polar surface area (TPSA) is 71.8 Å². The van der Waals surface area contributed by atoms with Gasteiger partial charge in [-0.2, -0.15) is 0 Å². The van der Waals surface area contributed by atoms with E-state index in [4.69, 9.17) is 9.15 Å². The Kier molecular flexibility index (Phi) is 5.39. The van der Waals surface area contributed by atoms with E-state index in [-0.39, 0.29) is 24.3 Å². The lowest BCUT2D eigenvalue weighted by Crippen LogP contribution is -2.31. The summed E-state index contributed by atoms with van der Waals surface area (Å²) < 4.78 is 11.0. The lowest BCUT2D eigenvalue weighted by atomic mass is 10.0. The molecule has 1 N–H and O–H groups in total. The van der Waals surface area contributed by atoms with Gasteiger partial charge in [-0.05, 0) is 55.8 Å². The molecule has 152 valence electrons. The number of ether oxygens (including phenoxy) is 1. The predicted molar refractivity (Wildman–Crippen MR) is 113 cm³/mol. The Bertz CT molecular complexity index is 1070. The van der Waals surface area contributed by atoms with Crippen LogP contribution in [-0.4, -0.2) is 22.8 Å². The van der Waals surface area contributed by atoms with Crippen molar-refractivity contribution in [3.8, 4) is 5.75 Å². The number of benzene rings is 2. The van der Waals surface area contributed by atoms with E-state index >= 15 is 0 Å². The van der Waals surface area contributed by atoms with Gasteiger partial charge >= 0.3 is 0 Å². The number of furan rings is 1. The summed E-state index contributed by atoms with van der Waals surface area (Å²) in [6.07, 6.45) is 1.59. The van der Waals surface area contributed by atoms with E-state index in [1.807, 2.05) is 68.4 Å². The first-order valence-electron chi connectivity index (χ1n) is 9.75. The van der Waals surface area contributed by atoms with Crippen LogP contribution in [0, 0.1) is 0 Å². The molecule has 0 unspecified atom stereocenters. The molecule has 0 saturated heterocycles. The van der Waals surface area contributed by atoms with E-state index in [9.17, 15) is 9.59 Å². The minimum absolute atomic E-state index is 0.0698. The van der Waals surface area contributed by atoms with E-state index in [0.29, 0.717) is 22.6 Å². The van der Waals surface area contributed by atoms with Crippen molar-refractivity contribution in [1.29, 1.82) is 0 Å². The van der Waals surface area contributed by atoms with Gasteiger partial charge in [-0.3, -0.25) is 14.5 Å². The van der Waals surface area contributed by atoms with Gasteiger partial charge in [-0.1, -0.05) is 30.3 Å². The summed E-state index contributed by atoms with van der Waals surface area (Å²) in [6, 6.07) is 19.9. The van der Waals surface area contributed by atoms with Crippen LogP contribution in [-0.2, 0) is 16.1 Å². The molecule has 30 heavy (non-hydrogen) atoms. The molecule has 4 rings (SSSR count). The van der Waals surface area contributed by atoms with E-state index in [1.165, 1.54) is 11.2 Å². The number of hydrogen-bond donors (Lipinski definition) is 1. The van der Waals surface area contributed by atoms with Crippen LogP contribution in [0.3, 0.4) is 0 Å². The van der Waals surface area contributed by atoms with Gasteiger partial charge in [-0.25, -0.2) is 0 Å². The number of carbonyl (C=O) groups excluding carboxylic acids is 2. The number of nitrogens with zero attached hydrogens (tertiary/aromatic N) is 1. The van der Waals surface area contributed by atoms with Crippen LogP contribution >= 0.6 is 0 Å². The minimum atomic E-state index is -0.391. The van der Waals surface area contributed by atoms with E-state index in [0.717, 1.165) is 5.75 Å². The Labute approximate surface area is 174 Å². The Hall–Kier alpha value is -3.80. The molecule has 2 heterocycles. The van der Waals surface area contributed by atoms with Crippen LogP contribution in [0.2, 0.25) is 0 Å². The average Bonchev–Trinajstić information content (AvgIpc) is 3.33. The van der Waals surface area contributed by atoms with Crippen LogP contribution in [0.1, 0.15) is 25.2 Å². The van der Waals surface area contributed by atoms with Crippen molar-refractivity contribution in [3.63, 3.8) is 0 Å². The van der Waals surface area contributed by atoms with Gasteiger partial charge in [-0.15, -0.1) is 0 Å². The second kappa shape index (κ2) is 8.29. The molecule has 6 nitrogen and oxygen atoms in total. The van der Waals surface area contributed by atoms with Gasteiger partial charge in [0.1, 0.15) is 17.2 Å². The molecular formula is C24H22N2O4. The molecule has 0 radical (unpaired) electrons. The van der Waals surface area contributed by atoms with Gasteiger partial charge in [0.2, 0.25) is 0 Å². The number of carbonyl (C=O) groups is 2. The monoisotopic (exact) mass is 402 g/mol. The zero-order chi connectivity index (χ0) is 21.1. The van der Waals surface area contributed by atoms with Crippen molar-refractivity contribution in [3.05, 3.63) is 90.0 Å². The third kappa shape index (κ3) is 3.98. The third-order valence-corrected chi connectivity index (χ3v) is 4.62. The zero-order valence-electron chi connectivity index (χ0n) is 16.8. The van der Waals surface area contributed by atoms with Gasteiger partial charge in [0.25, 0.3) is 11.8 Å². The van der Waals surface area contributed by atoms with Gasteiger partial charge in [0.15, 0.2) is 0 Å². The summed E-state index contributed by atoms with van der Waals surface area (Å²) >= 11 is 0. The maximum absolute atomic E-state index is 13.2. The standard InChI is InChI=1S/C24H22N2O4/c1-16(2)30-19-12-10-18(11-13-19)25-22-21(17-7-4-3-5-8-17)23(27)26(24(22)28)15-20-9-6-14-29-20/h3-14,16,25H,15H2,1-2H3. The van der Waals surface area contributed by atoms with E-state index in [2.05, 4.69) is 5.32 Å². The van der Waals surface area contributed by atoms with Crippen molar-refractivity contribution in [1.82, 2.24) is 4.90 Å². The molecular weight excluding hydrogens is 380 g/mol. The quantitative estimate of drug-likeness (QED) is 0.591. The molecule has 0 fully saturated rings. The summed E-state index contributed by atoms with van der Waals surface area (Å²) in [5.74, 6) is 0.532. The molecule has 6 heteroatoms. The van der Waals surface area contributed by atoms with Gasteiger partial charge in [0, 0.05) is 5.69 Å². The van der Waals surface area contributed by atoms with Crippen molar-refractivity contribution in [2.45, 2.75) is 26.5 Å². The average molecular weight is 402 g/mol. The van der Waals surface area contributed by atoms with Gasteiger partial charge in [0.05, 0.1) is 24.5 Å². The Morgan fingerprint density at radius 2 is 1.67 bits per heavy atom. The molecule has 1 aliphatic rings. The second-order valence-electron chi connectivity index (χ2n) is 7.21. The highest BCUT2D eigenvalue weighted by Crippen LogP contribution is 2.31. The van der Waals surface area contributed by atoms with Crippen LogP contribution < -0.4 is 10.1 Å². The smallest absolute Gasteiger partial charge is 0.278 e. The van der Waals surface area contributed by atoms with Crippen LogP contribution in [0.15, 0.2) is 83.1 Å². The van der Waals surface area contributed by atoms with E-state index in [1.54, 1.807) is 12.1 Å². The minimum Gasteiger partial charge on any atom is -0.491 e. The van der Waals surface area contributed by atoms with Crippen LogP contribution in [0.4, 0.5) is 5.69 Å². The number of imide groups is 1. The highest BCUT2D eigenvalue weighted by molar-refractivity contribution is 6.36. The zero-order valence-corrected chi connectivity index (χ0v) is 16.8. The number of nitrogens with one attached hydrogen (secondary N) is 1. The fourth-order valence-electron chi connectivity index (χ4n) is 3.30. The highest BCUT2D eigenvalue weighted by Gasteiger charge is 2.39. The molecule has 0 atom stereocenters. The fraction of sp³-hybridized carbons (Fsp3) is 0.167. The lowest BCUT2D eigenvalue weighted by Gasteiger charge is -2.14. The Balaban J connectivity index is 1.66. The molecule has 1 aromatic heterocycles. The first-order valence-corrected chi connectivity index (χ1v) is 9.75. The molecule has 3 aromatic rings. The summed E-state index contributed by atoms with van der Waals surface area (Å²) in [7, 11) is 0. The normalized spacial score (nSPS) is 14.0. The summed E-state index contributed by atoms with van der Waals surface area (Å²) in [4.78, 5) is 27.5. The Morgan fingerprint density at radius 1 is 0.933 bits per heavy atom. The maximum Gasteiger partial charge on any atom is 0.278 e. The van der Waals surface area contributed by atoms with Crippen LogP contribution in [0.5, 0.6) is 5.75 Å². The molecule has 0 saturated carbocycles. The van der Waals surface area contributed by atoms with Crippen molar-refractivity contribution >= 4 is 23.1 Å². The first-order chi connectivity index (χ1) is 14.5. The first kappa shape index (κ1) is 19.5. The Morgan fingerprint density at radius 3 is 2.30 bits per heavy atom. The number of amides is 2. The summed E-state index contributed by atoms with van der Waals surface area (Å²) in [5, 5.41) is 3.14. The summed E-state index contributed by atoms with van der Waals surface area (Å²) in [5.41, 5.74) is 1.96. The van der Waals surface area contributed by atoms with E-state index < -0.39 is 5.91 Å². The lowest BCUT2D eigenvalue weighted by molar-refractivity contribution is -0.137. The van der Waals surface area contributed by atoms with Crippen molar-refractivity contribution in [2.75, 3.05) is 5.32 Å². The number of hydrogen-bond acceptors (Lipinski definition) is 5. The van der Waals surface area contributed by atoms with Gasteiger partial charge < -0.3 is 14.5 Å². The molecule has 0 spiro atoms. The molecule has 2 amide bonds. The fourth-order valence-corrected chi connectivity index (χ4v) is 3.30. The molecule has 2 aromatic carbocycles. The highest BCUT2D eigenvalue weighted by atomic mass is 16.5. The molecule has 0 aliphatic carbocycles.